The number of allylic oxidation sites excluding steroid dienone is 2. The average Bonchev–Trinajstić information content (AvgIpc) is 3.05. The van der Waals surface area contributed by atoms with E-state index in [4.69, 9.17) is 4.74 Å². The number of halogens is 2. The fraction of sp³-hybridized carbons (Fsp3) is 0.263. The highest BCUT2D eigenvalue weighted by Crippen LogP contribution is 2.43. The van der Waals surface area contributed by atoms with E-state index in [1.165, 1.54) is 8.96 Å². The van der Waals surface area contributed by atoms with Crippen LogP contribution in [-0.2, 0) is 0 Å². The summed E-state index contributed by atoms with van der Waals surface area (Å²) in [6, 6.07) is 7.23. The lowest BCUT2D eigenvalue weighted by Gasteiger charge is -2.33. The second kappa shape index (κ2) is 5.40. The third-order valence-corrected chi connectivity index (χ3v) is 5.12. The highest BCUT2D eigenvalue weighted by Gasteiger charge is 2.55. The van der Waals surface area contributed by atoms with E-state index >= 15 is 8.63 Å². The number of fused-ring (bicyclic) bond motifs is 2. The number of methoxy groups -OCH3 is 1. The van der Waals surface area contributed by atoms with Crippen molar-refractivity contribution in [2.75, 3.05) is 7.11 Å². The summed E-state index contributed by atoms with van der Waals surface area (Å²) in [6.45, 7) is 3.22. The third kappa shape index (κ3) is 2.06. The van der Waals surface area contributed by atoms with Crippen molar-refractivity contribution < 1.29 is 17.9 Å². The van der Waals surface area contributed by atoms with Crippen LogP contribution in [0.15, 0.2) is 41.6 Å². The summed E-state index contributed by atoms with van der Waals surface area (Å²) in [4.78, 5) is 4.54. The van der Waals surface area contributed by atoms with Gasteiger partial charge in [0.15, 0.2) is 5.70 Å². The van der Waals surface area contributed by atoms with Crippen LogP contribution < -0.4 is 4.74 Å². The van der Waals surface area contributed by atoms with Crippen molar-refractivity contribution in [1.29, 1.82) is 0 Å². The molecule has 0 amide bonds. The van der Waals surface area contributed by atoms with Crippen LogP contribution in [0.4, 0.5) is 8.63 Å². The minimum Gasteiger partial charge on any atom is -0.481 e. The lowest BCUT2D eigenvalue weighted by atomic mass is 9.85. The van der Waals surface area contributed by atoms with Gasteiger partial charge in [-0.1, -0.05) is 6.07 Å². The molecule has 4 heterocycles. The lowest BCUT2D eigenvalue weighted by molar-refractivity contribution is -0.363. The molecular formula is C19H20BF2N3O. The molecule has 134 valence electrons. The maximum absolute atomic E-state index is 15.5. The van der Waals surface area contributed by atoms with Gasteiger partial charge in [-0.25, -0.2) is 4.98 Å². The first kappa shape index (κ1) is 16.8. The number of pyridine rings is 1. The van der Waals surface area contributed by atoms with E-state index in [0.717, 1.165) is 11.1 Å². The Labute approximate surface area is 151 Å². The second-order valence-corrected chi connectivity index (χ2v) is 6.90. The van der Waals surface area contributed by atoms with Crippen molar-refractivity contribution in [3.8, 4) is 5.88 Å². The van der Waals surface area contributed by atoms with Gasteiger partial charge in [-0.2, -0.15) is 0 Å². The van der Waals surface area contributed by atoms with Gasteiger partial charge in [-0.15, -0.1) is 0 Å². The Morgan fingerprint density at radius 2 is 1.88 bits per heavy atom. The van der Waals surface area contributed by atoms with Crippen LogP contribution in [0.1, 0.15) is 36.5 Å². The van der Waals surface area contributed by atoms with Crippen molar-refractivity contribution in [2.45, 2.75) is 27.7 Å². The number of aromatic nitrogens is 2. The number of ether oxygens (including phenoxy) is 1. The molecule has 0 fully saturated rings. The molecule has 0 bridgehead atoms. The summed E-state index contributed by atoms with van der Waals surface area (Å²) in [6.07, 6.45) is 1.81. The number of hydrogen-bond donors (Lipinski definition) is 0. The first-order valence-corrected chi connectivity index (χ1v) is 8.56. The molecule has 0 unspecified atom stereocenters. The van der Waals surface area contributed by atoms with Gasteiger partial charge >= 0.3 is 6.97 Å². The molecule has 2 aromatic rings. The van der Waals surface area contributed by atoms with Gasteiger partial charge in [-0.3, -0.25) is 0 Å². The molecule has 0 spiro atoms. The summed E-state index contributed by atoms with van der Waals surface area (Å²) in [7, 11) is 1.55. The van der Waals surface area contributed by atoms with Crippen LogP contribution in [0.5, 0.6) is 5.88 Å². The normalized spacial score (nSPS) is 18.0. The monoisotopic (exact) mass is 355 g/mol. The molecule has 0 saturated carbocycles. The zero-order valence-corrected chi connectivity index (χ0v) is 15.5. The third-order valence-electron chi connectivity index (χ3n) is 5.12. The number of nitrogens with zero attached hydrogens (tertiary/aromatic N) is 3. The molecule has 2 aromatic heterocycles. The summed E-state index contributed by atoms with van der Waals surface area (Å²) in [5, 5.41) is 0. The Hall–Kier alpha value is -2.70. The number of aryl methyl sites for hydroxylation is 2. The zero-order valence-electron chi connectivity index (χ0n) is 15.5. The molecule has 0 aromatic carbocycles. The quantitative estimate of drug-likeness (QED) is 0.764. The van der Waals surface area contributed by atoms with Crippen molar-refractivity contribution in [3.05, 3.63) is 64.3 Å². The van der Waals surface area contributed by atoms with Gasteiger partial charge in [0, 0.05) is 30.3 Å². The van der Waals surface area contributed by atoms with E-state index in [0.29, 0.717) is 39.9 Å². The summed E-state index contributed by atoms with van der Waals surface area (Å²) >= 11 is 0. The maximum atomic E-state index is 15.5. The van der Waals surface area contributed by atoms with E-state index < -0.39 is 6.97 Å². The van der Waals surface area contributed by atoms with Crippen LogP contribution >= 0.6 is 0 Å². The molecule has 7 heteroatoms. The molecule has 0 N–H and O–H groups in total. The van der Waals surface area contributed by atoms with E-state index in [2.05, 4.69) is 4.98 Å². The highest BCUT2D eigenvalue weighted by molar-refractivity contribution is 6.58. The SMILES string of the molecule is COc1cccc(C2=C3C(C)=CC(C)=[N+]3[B-](F)(F)n3c(C)cc(C)c32)n1. The number of hydrogen-bond acceptors (Lipinski definition) is 2. The largest absolute Gasteiger partial charge is 0.737 e. The van der Waals surface area contributed by atoms with Crippen molar-refractivity contribution >= 4 is 18.3 Å². The van der Waals surface area contributed by atoms with Gasteiger partial charge in [0.1, 0.15) is 5.71 Å². The molecule has 0 saturated heterocycles. The van der Waals surface area contributed by atoms with Gasteiger partial charge in [-0.05, 0) is 44.2 Å². The fourth-order valence-electron chi connectivity index (χ4n) is 4.21. The molecular weight excluding hydrogens is 335 g/mol. The Morgan fingerprint density at radius 1 is 1.15 bits per heavy atom. The van der Waals surface area contributed by atoms with E-state index in [1.54, 1.807) is 27.0 Å². The summed E-state index contributed by atoms with van der Waals surface area (Å²) < 4.78 is 38.6. The Balaban J connectivity index is 2.16. The molecule has 26 heavy (non-hydrogen) atoms. The minimum atomic E-state index is -3.96. The molecule has 4 rings (SSSR count). The molecule has 4 nitrogen and oxygen atoms in total. The van der Waals surface area contributed by atoms with Crippen LogP contribution in [0.3, 0.4) is 0 Å². The van der Waals surface area contributed by atoms with Crippen molar-refractivity contribution in [3.63, 3.8) is 0 Å². The van der Waals surface area contributed by atoms with Crippen LogP contribution in [0, 0.1) is 13.8 Å². The molecule has 0 radical (unpaired) electrons. The van der Waals surface area contributed by atoms with Gasteiger partial charge in [0.05, 0.1) is 18.4 Å². The molecule has 2 aliphatic heterocycles. The van der Waals surface area contributed by atoms with Gasteiger partial charge < -0.3 is 22.3 Å². The minimum absolute atomic E-state index is 0.456. The lowest BCUT2D eigenvalue weighted by Crippen LogP contribution is -2.51. The fourth-order valence-corrected chi connectivity index (χ4v) is 4.21. The van der Waals surface area contributed by atoms with E-state index in [-0.39, 0.29) is 0 Å². The molecule has 2 aliphatic rings. The Morgan fingerprint density at radius 3 is 2.58 bits per heavy atom. The summed E-state index contributed by atoms with van der Waals surface area (Å²) in [5.41, 5.74) is 5.11. The van der Waals surface area contributed by atoms with E-state index in [9.17, 15) is 0 Å². The first-order chi connectivity index (χ1) is 12.3. The van der Waals surface area contributed by atoms with Crippen molar-refractivity contribution in [1.82, 2.24) is 9.46 Å². The van der Waals surface area contributed by atoms with Gasteiger partial charge in [0.25, 0.3) is 0 Å². The van der Waals surface area contributed by atoms with Crippen LogP contribution in [-0.4, -0.2) is 33.7 Å². The number of rotatable bonds is 2. The Bertz CT molecular complexity index is 1050. The van der Waals surface area contributed by atoms with Crippen molar-refractivity contribution in [2.24, 2.45) is 0 Å². The zero-order chi connectivity index (χ0) is 18.8. The second-order valence-electron chi connectivity index (χ2n) is 6.90. The maximum Gasteiger partial charge on any atom is 0.737 e. The summed E-state index contributed by atoms with van der Waals surface area (Å²) in [5.74, 6) is 0.456. The van der Waals surface area contributed by atoms with E-state index in [1.807, 2.05) is 38.1 Å². The van der Waals surface area contributed by atoms with Crippen LogP contribution in [0.2, 0.25) is 0 Å². The first-order valence-electron chi connectivity index (χ1n) is 8.56. The standard InChI is InChI=1S/C19H20BF2N3O/c1-11-9-13(3)24-18(11)17(15-7-6-8-16(23-15)26-5)19-12(2)10-14(4)25(19)20(24,21)22/h6-10H,1-5H3. The molecule has 0 atom stereocenters. The van der Waals surface area contributed by atoms with Gasteiger partial charge in [0.2, 0.25) is 5.88 Å². The average molecular weight is 355 g/mol. The topological polar surface area (TPSA) is 30.1 Å². The smallest absolute Gasteiger partial charge is 0.481 e. The molecule has 0 aliphatic carbocycles. The predicted octanol–water partition coefficient (Wildman–Crippen LogP) is 3.94. The van der Waals surface area contributed by atoms with Crippen LogP contribution in [0.25, 0.3) is 5.57 Å². The predicted molar refractivity (Wildman–Crippen MR) is 98.8 cm³/mol. The highest BCUT2D eigenvalue weighted by atomic mass is 19.2. The Kier molecular flexibility index (Phi) is 3.48.